The molecule has 0 bridgehead atoms. The van der Waals surface area contributed by atoms with Crippen molar-refractivity contribution < 1.29 is 26.6 Å². The van der Waals surface area contributed by atoms with Gasteiger partial charge in [-0.2, -0.15) is 0 Å². The number of nitro groups is 1. The quantitative estimate of drug-likeness (QED) is 0.158. The third-order valence-electron chi connectivity index (χ3n) is 6.43. The van der Waals surface area contributed by atoms with Gasteiger partial charge in [0, 0.05) is 23.2 Å². The first-order chi connectivity index (χ1) is 20.5. The average molecular weight is 617 g/mol. The Hall–Kier alpha value is -5.27. The van der Waals surface area contributed by atoms with Gasteiger partial charge >= 0.3 is 0 Å². The highest BCUT2D eigenvalue weighted by molar-refractivity contribution is 7.93. The first-order valence-electron chi connectivity index (χ1n) is 12.8. The van der Waals surface area contributed by atoms with Crippen LogP contribution >= 0.6 is 0 Å². The van der Waals surface area contributed by atoms with E-state index in [4.69, 9.17) is 0 Å². The fourth-order valence-corrected chi connectivity index (χ4v) is 6.88. The summed E-state index contributed by atoms with van der Waals surface area (Å²) in [5.41, 5.74) is 0.204. The Morgan fingerprint density at radius 1 is 0.744 bits per heavy atom. The maximum atomic E-state index is 13.5. The van der Waals surface area contributed by atoms with E-state index < -0.39 is 37.4 Å². The van der Waals surface area contributed by atoms with Crippen LogP contribution in [0.4, 0.5) is 22.7 Å². The monoisotopic (exact) mass is 616 g/mol. The standard InChI is InChI=1S/C30H24N4O7S2/c35-30(21-33(24-10-7-11-25(20-24)34(36)37)43(40,41)27-12-2-1-3-13-27)31-23-16-18-26(19-17-23)42(38,39)32-29-15-6-9-22-8-4-5-14-28(22)29/h1-20,32H,21H2,(H,31,35). The number of anilines is 3. The predicted molar refractivity (Wildman–Crippen MR) is 164 cm³/mol. The zero-order valence-electron chi connectivity index (χ0n) is 22.3. The minimum absolute atomic E-state index is 0.0525. The van der Waals surface area contributed by atoms with E-state index in [-0.39, 0.29) is 26.9 Å². The zero-order valence-corrected chi connectivity index (χ0v) is 24.0. The number of rotatable bonds is 10. The molecule has 0 heterocycles. The van der Waals surface area contributed by atoms with Crippen LogP contribution in [0, 0.1) is 10.1 Å². The molecular weight excluding hydrogens is 592 g/mol. The van der Waals surface area contributed by atoms with Gasteiger partial charge in [-0.25, -0.2) is 16.8 Å². The van der Waals surface area contributed by atoms with Crippen molar-refractivity contribution >= 4 is 59.5 Å². The van der Waals surface area contributed by atoms with Crippen LogP contribution in [0.5, 0.6) is 0 Å². The number of nitrogens with one attached hydrogen (secondary N) is 2. The highest BCUT2D eigenvalue weighted by Crippen LogP contribution is 2.28. The molecule has 0 aliphatic heterocycles. The summed E-state index contributed by atoms with van der Waals surface area (Å²) in [4.78, 5) is 23.6. The third-order valence-corrected chi connectivity index (χ3v) is 9.60. The lowest BCUT2D eigenvalue weighted by Gasteiger charge is -2.24. The molecule has 0 atom stereocenters. The van der Waals surface area contributed by atoms with E-state index in [2.05, 4.69) is 10.0 Å². The van der Waals surface area contributed by atoms with Crippen LogP contribution < -0.4 is 14.3 Å². The number of fused-ring (bicyclic) bond motifs is 1. The lowest BCUT2D eigenvalue weighted by Crippen LogP contribution is -2.38. The average Bonchev–Trinajstić information content (AvgIpc) is 3.00. The van der Waals surface area contributed by atoms with Gasteiger partial charge < -0.3 is 5.32 Å². The summed E-state index contributed by atoms with van der Waals surface area (Å²) in [6.45, 7) is -0.707. The summed E-state index contributed by atoms with van der Waals surface area (Å²) >= 11 is 0. The highest BCUT2D eigenvalue weighted by Gasteiger charge is 2.28. The molecule has 0 saturated heterocycles. The van der Waals surface area contributed by atoms with Gasteiger partial charge in [-0.1, -0.05) is 60.7 Å². The Morgan fingerprint density at radius 2 is 1.40 bits per heavy atom. The van der Waals surface area contributed by atoms with Crippen molar-refractivity contribution in [3.05, 3.63) is 131 Å². The van der Waals surface area contributed by atoms with E-state index in [1.807, 2.05) is 24.3 Å². The van der Waals surface area contributed by atoms with Gasteiger partial charge in [0.2, 0.25) is 5.91 Å². The molecule has 1 amide bonds. The lowest BCUT2D eigenvalue weighted by molar-refractivity contribution is -0.384. The largest absolute Gasteiger partial charge is 0.325 e. The summed E-state index contributed by atoms with van der Waals surface area (Å²) < 4.78 is 56.5. The molecule has 218 valence electrons. The van der Waals surface area contributed by atoms with Crippen molar-refractivity contribution in [2.45, 2.75) is 9.79 Å². The molecule has 5 rings (SSSR count). The Balaban J connectivity index is 1.36. The second-order valence-corrected chi connectivity index (χ2v) is 12.9. The van der Waals surface area contributed by atoms with E-state index in [1.165, 1.54) is 66.7 Å². The molecular formula is C30H24N4O7S2. The van der Waals surface area contributed by atoms with Crippen molar-refractivity contribution in [1.29, 1.82) is 0 Å². The second kappa shape index (κ2) is 11.9. The van der Waals surface area contributed by atoms with Crippen LogP contribution in [0.15, 0.2) is 131 Å². The van der Waals surface area contributed by atoms with Crippen molar-refractivity contribution in [2.75, 3.05) is 20.9 Å². The zero-order chi connectivity index (χ0) is 30.6. The Kier molecular flexibility index (Phi) is 8.10. The normalized spacial score (nSPS) is 11.5. The predicted octanol–water partition coefficient (Wildman–Crippen LogP) is 5.38. The molecule has 0 fully saturated rings. The molecule has 43 heavy (non-hydrogen) atoms. The number of nitro benzene ring substituents is 1. The summed E-state index contributed by atoms with van der Waals surface area (Å²) in [5.74, 6) is -0.754. The molecule has 2 N–H and O–H groups in total. The molecule has 5 aromatic rings. The van der Waals surface area contributed by atoms with Crippen LogP contribution in [0.3, 0.4) is 0 Å². The van der Waals surface area contributed by atoms with Gasteiger partial charge in [0.1, 0.15) is 6.54 Å². The fraction of sp³-hybridized carbons (Fsp3) is 0.0333. The minimum atomic E-state index is -4.29. The summed E-state index contributed by atoms with van der Waals surface area (Å²) in [6, 6.07) is 30.3. The molecule has 0 spiro atoms. The van der Waals surface area contributed by atoms with Crippen LogP contribution in [-0.4, -0.2) is 34.2 Å². The summed E-state index contributed by atoms with van der Waals surface area (Å²) in [7, 11) is -8.26. The van der Waals surface area contributed by atoms with Crippen LogP contribution in [0.1, 0.15) is 0 Å². The Bertz CT molecular complexity index is 2030. The van der Waals surface area contributed by atoms with E-state index in [0.717, 1.165) is 21.1 Å². The van der Waals surface area contributed by atoms with Crippen LogP contribution in [0.2, 0.25) is 0 Å². The second-order valence-electron chi connectivity index (χ2n) is 9.31. The molecule has 0 radical (unpaired) electrons. The van der Waals surface area contributed by atoms with Gasteiger partial charge in [-0.05, 0) is 53.9 Å². The highest BCUT2D eigenvalue weighted by atomic mass is 32.2. The molecule has 0 saturated carbocycles. The molecule has 0 aliphatic rings. The van der Waals surface area contributed by atoms with E-state index >= 15 is 0 Å². The number of sulfonamides is 2. The van der Waals surface area contributed by atoms with E-state index in [1.54, 1.807) is 24.3 Å². The Morgan fingerprint density at radius 3 is 2.12 bits per heavy atom. The number of hydrogen-bond donors (Lipinski definition) is 2. The number of nitrogens with zero attached hydrogens (tertiary/aromatic N) is 2. The van der Waals surface area contributed by atoms with Crippen LogP contribution in [-0.2, 0) is 24.8 Å². The SMILES string of the molecule is O=C(CN(c1cccc([N+](=O)[O-])c1)S(=O)(=O)c1ccccc1)Nc1ccc(S(=O)(=O)Nc2cccc3ccccc23)cc1. The Labute approximate surface area is 247 Å². The maximum absolute atomic E-state index is 13.5. The van der Waals surface area contributed by atoms with Gasteiger partial charge in [0.15, 0.2) is 0 Å². The van der Waals surface area contributed by atoms with Gasteiger partial charge in [-0.3, -0.25) is 23.9 Å². The van der Waals surface area contributed by atoms with Crippen LogP contribution in [0.25, 0.3) is 10.8 Å². The van der Waals surface area contributed by atoms with Gasteiger partial charge in [-0.15, -0.1) is 0 Å². The van der Waals surface area contributed by atoms with Crippen molar-refractivity contribution in [3.63, 3.8) is 0 Å². The lowest BCUT2D eigenvalue weighted by atomic mass is 10.1. The fourth-order valence-electron chi connectivity index (χ4n) is 4.36. The number of carbonyl (C=O) groups excluding carboxylic acids is 1. The van der Waals surface area contributed by atoms with Crippen molar-refractivity contribution in [1.82, 2.24) is 0 Å². The smallest absolute Gasteiger partial charge is 0.271 e. The molecule has 13 heteroatoms. The van der Waals surface area contributed by atoms with Gasteiger partial charge in [0.25, 0.3) is 25.7 Å². The third kappa shape index (κ3) is 6.47. The van der Waals surface area contributed by atoms with E-state index in [0.29, 0.717) is 5.69 Å². The number of hydrogen-bond acceptors (Lipinski definition) is 7. The number of amides is 1. The minimum Gasteiger partial charge on any atom is -0.325 e. The van der Waals surface area contributed by atoms with Crippen molar-refractivity contribution in [2.24, 2.45) is 0 Å². The maximum Gasteiger partial charge on any atom is 0.271 e. The number of non-ortho nitro benzene ring substituents is 1. The van der Waals surface area contributed by atoms with Gasteiger partial charge in [0.05, 0.1) is 26.1 Å². The molecule has 5 aromatic carbocycles. The topological polar surface area (TPSA) is 156 Å². The molecule has 0 aliphatic carbocycles. The van der Waals surface area contributed by atoms with E-state index in [9.17, 15) is 31.7 Å². The van der Waals surface area contributed by atoms with Crippen molar-refractivity contribution in [3.8, 4) is 0 Å². The number of benzene rings is 5. The molecule has 11 nitrogen and oxygen atoms in total. The molecule has 0 aromatic heterocycles. The summed E-state index contributed by atoms with van der Waals surface area (Å²) in [6.07, 6.45) is 0. The first-order valence-corrected chi connectivity index (χ1v) is 15.7. The summed E-state index contributed by atoms with van der Waals surface area (Å²) in [5, 5.41) is 15.5. The number of carbonyl (C=O) groups is 1. The molecule has 0 unspecified atom stereocenters. The first kappa shape index (κ1) is 29.2.